The van der Waals surface area contributed by atoms with Crippen molar-refractivity contribution in [2.24, 2.45) is 4.99 Å². The molecule has 1 unspecified atom stereocenters. The molecule has 34 heavy (non-hydrogen) atoms. The average molecular weight is 498 g/mol. The lowest BCUT2D eigenvalue weighted by atomic mass is 9.93. The van der Waals surface area contributed by atoms with Gasteiger partial charge in [-0.05, 0) is 54.8 Å². The quantitative estimate of drug-likeness (QED) is 0.508. The van der Waals surface area contributed by atoms with Gasteiger partial charge in [0.2, 0.25) is 5.91 Å². The molecule has 0 bridgehead atoms. The van der Waals surface area contributed by atoms with Crippen molar-refractivity contribution < 1.29 is 19.1 Å². The van der Waals surface area contributed by atoms with Crippen LogP contribution < -0.4 is 10.1 Å². The Morgan fingerprint density at radius 3 is 2.82 bits per heavy atom. The Labute approximate surface area is 207 Å². The third kappa shape index (κ3) is 5.20. The van der Waals surface area contributed by atoms with Gasteiger partial charge in [-0.2, -0.15) is 0 Å². The fourth-order valence-corrected chi connectivity index (χ4v) is 5.65. The number of allylic oxidation sites excluding steroid dienone is 1. The minimum absolute atomic E-state index is 0.0713. The van der Waals surface area contributed by atoms with Crippen molar-refractivity contribution in [2.75, 3.05) is 20.3 Å². The van der Waals surface area contributed by atoms with Crippen LogP contribution >= 0.6 is 23.1 Å². The third-order valence-corrected chi connectivity index (χ3v) is 7.35. The molecule has 1 N–H and O–H groups in total. The molecule has 0 aliphatic carbocycles. The molecule has 0 spiro atoms. The van der Waals surface area contributed by atoms with Crippen molar-refractivity contribution in [1.29, 1.82) is 0 Å². The molecule has 0 radical (unpaired) electrons. The monoisotopic (exact) mass is 497 g/mol. The van der Waals surface area contributed by atoms with Gasteiger partial charge < -0.3 is 19.7 Å². The molecule has 4 rings (SSSR count). The number of nitrogens with one attached hydrogen (secondary N) is 1. The van der Waals surface area contributed by atoms with Crippen molar-refractivity contribution in [1.82, 2.24) is 10.2 Å². The first-order valence-corrected chi connectivity index (χ1v) is 12.8. The number of thiophene rings is 1. The lowest BCUT2D eigenvalue weighted by Gasteiger charge is -2.36. The summed E-state index contributed by atoms with van der Waals surface area (Å²) in [5, 5.41) is 7.71. The number of amidine groups is 1. The first-order chi connectivity index (χ1) is 16.5. The molecular formula is C25H27N3O4S2. The topological polar surface area (TPSA) is 80.2 Å². The number of carbonyl (C=O) groups excluding carboxylic acids is 2. The van der Waals surface area contributed by atoms with Crippen LogP contribution in [0.2, 0.25) is 0 Å². The largest absolute Gasteiger partial charge is 0.497 e. The zero-order valence-electron chi connectivity index (χ0n) is 19.4. The number of hydrogen-bond donors (Lipinski definition) is 1. The summed E-state index contributed by atoms with van der Waals surface area (Å²) >= 11 is 3.14. The van der Waals surface area contributed by atoms with Crippen LogP contribution in [0.4, 0.5) is 0 Å². The Balaban J connectivity index is 1.59. The summed E-state index contributed by atoms with van der Waals surface area (Å²) in [6, 6.07) is 11.2. The predicted octanol–water partition coefficient (Wildman–Crippen LogP) is 4.64. The number of thioether (sulfide) groups is 1. The molecule has 3 heterocycles. The first kappa shape index (κ1) is 24.1. The molecule has 1 amide bonds. The summed E-state index contributed by atoms with van der Waals surface area (Å²) in [5.74, 6) is 0.205. The number of ether oxygens (including phenoxy) is 2. The number of esters is 1. The number of amides is 1. The zero-order chi connectivity index (χ0) is 24.1. The Morgan fingerprint density at radius 1 is 1.24 bits per heavy atom. The highest BCUT2D eigenvalue weighted by Crippen LogP contribution is 2.45. The number of fused-ring (bicyclic) bond motifs is 1. The van der Waals surface area contributed by atoms with Gasteiger partial charge in [0.1, 0.15) is 5.75 Å². The van der Waals surface area contributed by atoms with E-state index in [9.17, 15) is 9.59 Å². The molecule has 1 aromatic carbocycles. The van der Waals surface area contributed by atoms with E-state index in [1.54, 1.807) is 25.4 Å². The van der Waals surface area contributed by atoms with Gasteiger partial charge in [0.05, 0.1) is 37.4 Å². The minimum atomic E-state index is -0.471. The summed E-state index contributed by atoms with van der Waals surface area (Å²) in [6.45, 7) is 4.44. The molecular weight excluding hydrogens is 470 g/mol. The molecule has 2 aromatic rings. The molecule has 1 atom stereocenters. The van der Waals surface area contributed by atoms with Crippen molar-refractivity contribution >= 4 is 40.1 Å². The van der Waals surface area contributed by atoms with Gasteiger partial charge in [-0.15, -0.1) is 11.3 Å². The lowest BCUT2D eigenvalue weighted by molar-refractivity contribution is -0.139. The van der Waals surface area contributed by atoms with E-state index in [0.29, 0.717) is 23.6 Å². The van der Waals surface area contributed by atoms with E-state index in [4.69, 9.17) is 9.47 Å². The summed E-state index contributed by atoms with van der Waals surface area (Å²) in [6.07, 6.45) is 0.987. The second-order valence-electron chi connectivity index (χ2n) is 7.75. The molecule has 7 nitrogen and oxygen atoms in total. The van der Waals surface area contributed by atoms with Gasteiger partial charge in [0.15, 0.2) is 5.17 Å². The molecule has 2 aliphatic rings. The van der Waals surface area contributed by atoms with Crippen LogP contribution in [0.25, 0.3) is 0 Å². The number of benzene rings is 1. The van der Waals surface area contributed by atoms with E-state index in [1.165, 1.54) is 16.6 Å². The third-order valence-electron chi connectivity index (χ3n) is 5.52. The van der Waals surface area contributed by atoms with Crippen LogP contribution in [0, 0.1) is 0 Å². The predicted molar refractivity (Wildman–Crippen MR) is 136 cm³/mol. The van der Waals surface area contributed by atoms with Gasteiger partial charge >= 0.3 is 5.97 Å². The van der Waals surface area contributed by atoms with Gasteiger partial charge in [-0.25, -0.2) is 9.79 Å². The Hall–Kier alpha value is -3.04. The smallest absolute Gasteiger partial charge is 0.338 e. The standard InChI is InChI=1S/C25H27N3O4S2/c1-4-32-24(30)22-16(2)27-25-28(23(22)17-7-5-8-19(13-17)31-3)18(15-34-25)14-21(29)26-11-10-20-9-6-12-33-20/h5-9,12-13,15,23H,4,10-11,14H2,1-3H3,(H,26,29). The molecule has 2 aliphatic heterocycles. The first-order valence-electron chi connectivity index (χ1n) is 11.1. The highest BCUT2D eigenvalue weighted by Gasteiger charge is 2.41. The highest BCUT2D eigenvalue weighted by molar-refractivity contribution is 8.16. The maximum absolute atomic E-state index is 13.0. The Morgan fingerprint density at radius 2 is 2.09 bits per heavy atom. The Kier molecular flexibility index (Phi) is 7.74. The van der Waals surface area contributed by atoms with Crippen molar-refractivity contribution in [2.45, 2.75) is 32.7 Å². The lowest BCUT2D eigenvalue weighted by Crippen LogP contribution is -2.38. The maximum Gasteiger partial charge on any atom is 0.338 e. The number of nitrogens with zero attached hydrogens (tertiary/aromatic N) is 2. The van der Waals surface area contributed by atoms with Crippen LogP contribution in [-0.4, -0.2) is 42.2 Å². The summed E-state index contributed by atoms with van der Waals surface area (Å²) in [4.78, 5) is 33.7. The van der Waals surface area contributed by atoms with E-state index in [1.807, 2.05) is 52.9 Å². The van der Waals surface area contributed by atoms with E-state index in [0.717, 1.165) is 22.8 Å². The van der Waals surface area contributed by atoms with E-state index in [-0.39, 0.29) is 18.9 Å². The fourth-order valence-electron chi connectivity index (χ4n) is 3.97. The SMILES string of the molecule is CCOC(=O)C1=C(C)N=C2SC=C(CC(=O)NCCc3cccs3)N2C1c1cccc(OC)c1. The van der Waals surface area contributed by atoms with E-state index >= 15 is 0 Å². The summed E-state index contributed by atoms with van der Waals surface area (Å²) in [7, 11) is 1.61. The number of methoxy groups -OCH3 is 1. The molecule has 178 valence electrons. The van der Waals surface area contributed by atoms with Gasteiger partial charge in [-0.1, -0.05) is 30.0 Å². The normalized spacial score (nSPS) is 17.1. The molecule has 0 saturated heterocycles. The van der Waals surface area contributed by atoms with Crippen LogP contribution in [0.5, 0.6) is 5.75 Å². The molecule has 0 saturated carbocycles. The summed E-state index contributed by atoms with van der Waals surface area (Å²) in [5.41, 5.74) is 2.73. The maximum atomic E-state index is 13.0. The highest BCUT2D eigenvalue weighted by atomic mass is 32.2. The number of carbonyl (C=O) groups is 2. The number of hydrogen-bond acceptors (Lipinski definition) is 8. The van der Waals surface area contributed by atoms with Crippen molar-refractivity contribution in [3.05, 3.63) is 74.6 Å². The van der Waals surface area contributed by atoms with Crippen LogP contribution in [0.1, 0.15) is 36.8 Å². The minimum Gasteiger partial charge on any atom is -0.497 e. The van der Waals surface area contributed by atoms with Crippen LogP contribution in [-0.2, 0) is 20.7 Å². The van der Waals surface area contributed by atoms with Crippen molar-refractivity contribution in [3.8, 4) is 5.75 Å². The average Bonchev–Trinajstić information content (AvgIpc) is 3.48. The molecule has 9 heteroatoms. The van der Waals surface area contributed by atoms with Gasteiger partial charge in [-0.3, -0.25) is 4.79 Å². The fraction of sp³-hybridized carbons (Fsp3) is 0.320. The summed E-state index contributed by atoms with van der Waals surface area (Å²) < 4.78 is 10.8. The van der Waals surface area contributed by atoms with Crippen LogP contribution in [0.3, 0.4) is 0 Å². The Bertz CT molecular complexity index is 1150. The number of aliphatic imine (C=N–C) groups is 1. The van der Waals surface area contributed by atoms with Crippen LogP contribution in [0.15, 0.2) is 69.1 Å². The van der Waals surface area contributed by atoms with E-state index < -0.39 is 12.0 Å². The molecule has 1 aromatic heterocycles. The number of rotatable bonds is 9. The van der Waals surface area contributed by atoms with E-state index in [2.05, 4.69) is 16.4 Å². The molecule has 0 fully saturated rings. The van der Waals surface area contributed by atoms with Crippen molar-refractivity contribution in [3.63, 3.8) is 0 Å². The van der Waals surface area contributed by atoms with Gasteiger partial charge in [0, 0.05) is 17.1 Å². The zero-order valence-corrected chi connectivity index (χ0v) is 21.0. The van der Waals surface area contributed by atoms with Gasteiger partial charge in [0.25, 0.3) is 0 Å². The second kappa shape index (κ2) is 10.9. The second-order valence-corrected chi connectivity index (χ2v) is 9.62.